The van der Waals surface area contributed by atoms with E-state index < -0.39 is 18.0 Å². The van der Waals surface area contributed by atoms with Crippen LogP contribution in [-0.4, -0.2) is 28.1 Å². The van der Waals surface area contributed by atoms with Gasteiger partial charge in [0.1, 0.15) is 0 Å². The first-order valence-corrected chi connectivity index (χ1v) is 8.45. The minimum atomic E-state index is -0.965. The molecule has 1 aromatic carbocycles. The molecule has 140 valence electrons. The van der Waals surface area contributed by atoms with E-state index in [4.69, 9.17) is 13.7 Å². The molecule has 0 spiro atoms. The first-order valence-electron chi connectivity index (χ1n) is 8.45. The normalized spacial score (nSPS) is 11.8. The molecule has 2 heterocycles. The van der Waals surface area contributed by atoms with Crippen molar-refractivity contribution in [1.29, 1.82) is 0 Å². The maximum Gasteiger partial charge on any atom is 0.307 e. The standard InChI is InChI=1S/C19H19N3O5/c1-12-10-17(27-22-12)21-19(24)13(2)25-18(23)9-8-16-20-11-15(26-16)14-6-4-3-5-7-14/h3-7,10-11,13H,8-9H2,1-2H3,(H,21,24)/t13-/m0/s1. The number of nitrogens with zero attached hydrogens (tertiary/aromatic N) is 2. The summed E-state index contributed by atoms with van der Waals surface area (Å²) in [6, 6.07) is 11.1. The predicted molar refractivity (Wildman–Crippen MR) is 95.7 cm³/mol. The number of aryl methyl sites for hydroxylation is 2. The number of benzene rings is 1. The summed E-state index contributed by atoms with van der Waals surface area (Å²) in [6.07, 6.45) is 0.980. The zero-order chi connectivity index (χ0) is 19.2. The van der Waals surface area contributed by atoms with Crippen LogP contribution in [0.2, 0.25) is 0 Å². The van der Waals surface area contributed by atoms with E-state index in [1.54, 1.807) is 19.2 Å². The quantitative estimate of drug-likeness (QED) is 0.637. The van der Waals surface area contributed by atoms with Gasteiger partial charge in [-0.15, -0.1) is 0 Å². The zero-order valence-corrected chi connectivity index (χ0v) is 15.0. The first-order chi connectivity index (χ1) is 13.0. The Morgan fingerprint density at radius 2 is 2.04 bits per heavy atom. The fourth-order valence-electron chi connectivity index (χ4n) is 2.33. The van der Waals surface area contributed by atoms with Gasteiger partial charge in [-0.3, -0.25) is 14.9 Å². The number of ether oxygens (including phenoxy) is 1. The lowest BCUT2D eigenvalue weighted by molar-refractivity contribution is -0.153. The van der Waals surface area contributed by atoms with Crippen molar-refractivity contribution < 1.29 is 23.3 Å². The highest BCUT2D eigenvalue weighted by atomic mass is 16.5. The SMILES string of the molecule is Cc1cc(NC(=O)[C@H](C)OC(=O)CCc2ncc(-c3ccccc3)o2)on1. The molecule has 0 saturated heterocycles. The van der Waals surface area contributed by atoms with Gasteiger partial charge in [-0.05, 0) is 13.8 Å². The van der Waals surface area contributed by atoms with E-state index >= 15 is 0 Å². The number of carbonyl (C=O) groups is 2. The minimum Gasteiger partial charge on any atom is -0.453 e. The van der Waals surface area contributed by atoms with Crippen molar-refractivity contribution in [1.82, 2.24) is 10.1 Å². The molecule has 3 rings (SSSR count). The summed E-state index contributed by atoms with van der Waals surface area (Å²) in [7, 11) is 0. The molecule has 0 fully saturated rings. The molecule has 3 aromatic rings. The van der Waals surface area contributed by atoms with Crippen LogP contribution in [0.25, 0.3) is 11.3 Å². The highest BCUT2D eigenvalue weighted by Crippen LogP contribution is 2.20. The van der Waals surface area contributed by atoms with Gasteiger partial charge in [0.05, 0.1) is 18.3 Å². The molecule has 0 aliphatic heterocycles. The Kier molecular flexibility index (Phi) is 5.65. The van der Waals surface area contributed by atoms with Crippen molar-refractivity contribution in [3.63, 3.8) is 0 Å². The van der Waals surface area contributed by atoms with E-state index in [1.807, 2.05) is 30.3 Å². The highest BCUT2D eigenvalue weighted by Gasteiger charge is 2.19. The number of nitrogens with one attached hydrogen (secondary N) is 1. The van der Waals surface area contributed by atoms with E-state index in [-0.39, 0.29) is 18.7 Å². The molecule has 1 N–H and O–H groups in total. The van der Waals surface area contributed by atoms with Crippen LogP contribution in [0.5, 0.6) is 0 Å². The van der Waals surface area contributed by atoms with Crippen LogP contribution >= 0.6 is 0 Å². The number of hydrogen-bond acceptors (Lipinski definition) is 7. The summed E-state index contributed by atoms with van der Waals surface area (Å²) >= 11 is 0. The molecular formula is C19H19N3O5. The first kappa shape index (κ1) is 18.4. The van der Waals surface area contributed by atoms with E-state index in [0.717, 1.165) is 5.56 Å². The molecule has 0 saturated carbocycles. The average molecular weight is 369 g/mol. The molecule has 0 radical (unpaired) electrons. The largest absolute Gasteiger partial charge is 0.453 e. The smallest absolute Gasteiger partial charge is 0.307 e. The number of carbonyl (C=O) groups excluding carboxylic acids is 2. The summed E-state index contributed by atoms with van der Waals surface area (Å²) in [6.45, 7) is 3.21. The molecular weight excluding hydrogens is 350 g/mol. The van der Waals surface area contributed by atoms with Crippen molar-refractivity contribution in [2.75, 3.05) is 5.32 Å². The van der Waals surface area contributed by atoms with Crippen LogP contribution in [0.3, 0.4) is 0 Å². The van der Waals surface area contributed by atoms with E-state index in [1.165, 1.54) is 6.92 Å². The third-order valence-corrected chi connectivity index (χ3v) is 3.71. The molecule has 0 unspecified atom stereocenters. The van der Waals surface area contributed by atoms with Gasteiger partial charge in [0, 0.05) is 18.1 Å². The maximum atomic E-state index is 12.0. The summed E-state index contributed by atoms with van der Waals surface area (Å²) in [5, 5.41) is 6.15. The second kappa shape index (κ2) is 8.31. The van der Waals surface area contributed by atoms with Crippen LogP contribution in [0, 0.1) is 6.92 Å². The van der Waals surface area contributed by atoms with E-state index in [2.05, 4.69) is 15.5 Å². The lowest BCUT2D eigenvalue weighted by Crippen LogP contribution is -2.29. The molecule has 0 bridgehead atoms. The fraction of sp³-hybridized carbons (Fsp3) is 0.263. The molecule has 2 aromatic heterocycles. The summed E-state index contributed by atoms with van der Waals surface area (Å²) in [5.41, 5.74) is 1.54. The number of hydrogen-bond donors (Lipinski definition) is 1. The number of amides is 1. The molecule has 27 heavy (non-hydrogen) atoms. The number of oxazole rings is 1. The summed E-state index contributed by atoms with van der Waals surface area (Å²) in [5.74, 6) is 0.246. The second-order valence-electron chi connectivity index (χ2n) is 5.94. The zero-order valence-electron chi connectivity index (χ0n) is 15.0. The lowest BCUT2D eigenvalue weighted by atomic mass is 10.2. The molecule has 0 aliphatic rings. The van der Waals surface area contributed by atoms with Crippen molar-refractivity contribution in [2.24, 2.45) is 0 Å². The van der Waals surface area contributed by atoms with Gasteiger partial charge >= 0.3 is 5.97 Å². The molecule has 8 nitrogen and oxygen atoms in total. The Balaban J connectivity index is 1.46. The predicted octanol–water partition coefficient (Wildman–Crippen LogP) is 3.14. The van der Waals surface area contributed by atoms with Gasteiger partial charge in [0.2, 0.25) is 5.88 Å². The lowest BCUT2D eigenvalue weighted by Gasteiger charge is -2.11. The third kappa shape index (κ3) is 5.04. The summed E-state index contributed by atoms with van der Waals surface area (Å²) in [4.78, 5) is 28.1. The van der Waals surface area contributed by atoms with Crippen molar-refractivity contribution >= 4 is 17.8 Å². The Labute approximate surface area is 155 Å². The number of rotatable bonds is 7. The van der Waals surface area contributed by atoms with Gasteiger partial charge in [-0.25, -0.2) is 4.98 Å². The Morgan fingerprint density at radius 1 is 1.26 bits per heavy atom. The van der Waals surface area contributed by atoms with Crippen LogP contribution < -0.4 is 5.32 Å². The van der Waals surface area contributed by atoms with Crippen LogP contribution in [0.15, 0.2) is 51.5 Å². The van der Waals surface area contributed by atoms with Crippen LogP contribution in [0.1, 0.15) is 24.9 Å². The van der Waals surface area contributed by atoms with Gasteiger partial charge < -0.3 is 13.7 Å². The minimum absolute atomic E-state index is 0.0494. The average Bonchev–Trinajstić information content (AvgIpc) is 3.29. The number of aromatic nitrogens is 2. The third-order valence-electron chi connectivity index (χ3n) is 3.71. The van der Waals surface area contributed by atoms with Gasteiger partial charge in [-0.2, -0.15) is 0 Å². The van der Waals surface area contributed by atoms with Crippen molar-refractivity contribution in [3.8, 4) is 11.3 Å². The number of esters is 1. The molecule has 1 atom stereocenters. The van der Waals surface area contributed by atoms with E-state index in [0.29, 0.717) is 17.3 Å². The molecule has 0 aliphatic carbocycles. The Morgan fingerprint density at radius 3 is 2.74 bits per heavy atom. The van der Waals surface area contributed by atoms with Gasteiger partial charge in [0.25, 0.3) is 5.91 Å². The van der Waals surface area contributed by atoms with Gasteiger partial charge in [0.15, 0.2) is 17.8 Å². The summed E-state index contributed by atoms with van der Waals surface area (Å²) < 4.78 is 15.6. The number of anilines is 1. The Bertz CT molecular complexity index is 916. The van der Waals surface area contributed by atoms with Crippen molar-refractivity contribution in [3.05, 3.63) is 54.2 Å². The topological polar surface area (TPSA) is 107 Å². The van der Waals surface area contributed by atoms with E-state index in [9.17, 15) is 9.59 Å². The highest BCUT2D eigenvalue weighted by molar-refractivity contribution is 5.94. The van der Waals surface area contributed by atoms with Crippen LogP contribution in [-0.2, 0) is 20.7 Å². The van der Waals surface area contributed by atoms with Gasteiger partial charge in [-0.1, -0.05) is 35.5 Å². The second-order valence-corrected chi connectivity index (χ2v) is 5.94. The Hall–Kier alpha value is -3.42. The van der Waals surface area contributed by atoms with Crippen LogP contribution in [0.4, 0.5) is 5.88 Å². The maximum absolute atomic E-state index is 12.0. The van der Waals surface area contributed by atoms with Crippen molar-refractivity contribution in [2.45, 2.75) is 32.8 Å². The fourth-order valence-corrected chi connectivity index (χ4v) is 2.33. The molecule has 1 amide bonds. The molecule has 8 heteroatoms. The monoisotopic (exact) mass is 369 g/mol.